The smallest absolute Gasteiger partial charge is 0.0221 e. The third-order valence-electron chi connectivity index (χ3n) is 3.31. The zero-order valence-electron chi connectivity index (χ0n) is 11.8. The highest BCUT2D eigenvalue weighted by atomic mass is 15.2. The molecule has 1 unspecified atom stereocenters. The first kappa shape index (κ1) is 14.0. The molecule has 0 amide bonds. The molecule has 0 aromatic carbocycles. The molecular formula is C14H30N2. The predicted octanol–water partition coefficient (Wildman–Crippen LogP) is 3.03. The van der Waals surface area contributed by atoms with Crippen molar-refractivity contribution in [2.75, 3.05) is 13.1 Å². The molecule has 1 saturated carbocycles. The van der Waals surface area contributed by atoms with Crippen LogP contribution in [0.3, 0.4) is 0 Å². The number of rotatable bonds is 7. The van der Waals surface area contributed by atoms with Crippen LogP contribution in [0, 0.1) is 0 Å². The lowest BCUT2D eigenvalue weighted by Crippen LogP contribution is -2.48. The molecule has 0 aliphatic heterocycles. The van der Waals surface area contributed by atoms with E-state index in [1.807, 2.05) is 0 Å². The van der Waals surface area contributed by atoms with Gasteiger partial charge in [-0.25, -0.2) is 0 Å². The van der Waals surface area contributed by atoms with Crippen molar-refractivity contribution < 1.29 is 0 Å². The quantitative estimate of drug-likeness (QED) is 0.718. The normalized spacial score (nSPS) is 19.1. The zero-order valence-corrected chi connectivity index (χ0v) is 11.8. The number of hydrogen-bond donors (Lipinski definition) is 1. The van der Waals surface area contributed by atoms with Crippen LogP contribution < -0.4 is 5.32 Å². The van der Waals surface area contributed by atoms with E-state index in [2.05, 4.69) is 44.8 Å². The molecule has 0 saturated heterocycles. The summed E-state index contributed by atoms with van der Waals surface area (Å²) in [6, 6.07) is 1.62. The molecule has 96 valence electrons. The molecule has 0 aromatic heterocycles. The Morgan fingerprint density at radius 3 is 2.25 bits per heavy atom. The minimum Gasteiger partial charge on any atom is -0.311 e. The molecule has 0 bridgehead atoms. The highest BCUT2D eigenvalue weighted by Crippen LogP contribution is 2.29. The van der Waals surface area contributed by atoms with Crippen LogP contribution in [-0.2, 0) is 0 Å². The molecule has 1 aliphatic rings. The first-order valence-corrected chi connectivity index (χ1v) is 6.98. The Hall–Kier alpha value is -0.0800. The van der Waals surface area contributed by atoms with E-state index in [4.69, 9.17) is 0 Å². The van der Waals surface area contributed by atoms with Gasteiger partial charge in [-0.3, -0.25) is 4.90 Å². The van der Waals surface area contributed by atoms with Gasteiger partial charge in [0.15, 0.2) is 0 Å². The second-order valence-corrected chi connectivity index (χ2v) is 6.16. The van der Waals surface area contributed by atoms with Crippen LogP contribution in [0.15, 0.2) is 0 Å². The van der Waals surface area contributed by atoms with Crippen molar-refractivity contribution in [3.63, 3.8) is 0 Å². The minimum absolute atomic E-state index is 0.245. The first-order chi connectivity index (χ1) is 7.48. The maximum absolute atomic E-state index is 3.65. The lowest BCUT2D eigenvalue weighted by molar-refractivity contribution is 0.168. The average molecular weight is 226 g/mol. The fourth-order valence-electron chi connectivity index (χ4n) is 2.25. The molecule has 0 spiro atoms. The van der Waals surface area contributed by atoms with E-state index in [1.165, 1.54) is 32.2 Å². The second kappa shape index (κ2) is 6.02. The molecule has 2 nitrogen and oxygen atoms in total. The van der Waals surface area contributed by atoms with Gasteiger partial charge >= 0.3 is 0 Å². The van der Waals surface area contributed by atoms with E-state index in [1.54, 1.807) is 0 Å². The molecule has 0 heterocycles. The van der Waals surface area contributed by atoms with Gasteiger partial charge in [0, 0.05) is 24.2 Å². The predicted molar refractivity (Wildman–Crippen MR) is 71.9 cm³/mol. The third-order valence-corrected chi connectivity index (χ3v) is 3.31. The zero-order chi connectivity index (χ0) is 12.2. The lowest BCUT2D eigenvalue weighted by Gasteiger charge is -2.33. The summed E-state index contributed by atoms with van der Waals surface area (Å²) in [4.78, 5) is 2.73. The molecule has 16 heavy (non-hydrogen) atoms. The van der Waals surface area contributed by atoms with Crippen LogP contribution in [-0.4, -0.2) is 35.6 Å². The molecule has 2 heteroatoms. The van der Waals surface area contributed by atoms with Gasteiger partial charge in [0.1, 0.15) is 0 Å². The van der Waals surface area contributed by atoms with Crippen molar-refractivity contribution in [1.29, 1.82) is 0 Å². The van der Waals surface area contributed by atoms with Gasteiger partial charge in [0.25, 0.3) is 0 Å². The van der Waals surface area contributed by atoms with Gasteiger partial charge < -0.3 is 5.32 Å². The van der Waals surface area contributed by atoms with Gasteiger partial charge in [-0.2, -0.15) is 0 Å². The topological polar surface area (TPSA) is 15.3 Å². The summed E-state index contributed by atoms with van der Waals surface area (Å²) in [5, 5.41) is 3.65. The minimum atomic E-state index is 0.245. The van der Waals surface area contributed by atoms with Crippen LogP contribution >= 0.6 is 0 Å². The molecule has 1 N–H and O–H groups in total. The van der Waals surface area contributed by atoms with Crippen molar-refractivity contribution >= 4 is 0 Å². The summed E-state index contributed by atoms with van der Waals surface area (Å²) >= 11 is 0. The Bertz CT molecular complexity index is 191. The van der Waals surface area contributed by atoms with Gasteiger partial charge in [-0.1, -0.05) is 13.8 Å². The third kappa shape index (κ3) is 4.84. The Kier molecular flexibility index (Phi) is 5.26. The molecular weight excluding hydrogens is 196 g/mol. The van der Waals surface area contributed by atoms with Crippen molar-refractivity contribution in [3.8, 4) is 0 Å². The van der Waals surface area contributed by atoms with E-state index in [0.717, 1.165) is 18.6 Å². The van der Waals surface area contributed by atoms with Crippen LogP contribution in [0.5, 0.6) is 0 Å². The molecule has 1 aliphatic carbocycles. The van der Waals surface area contributed by atoms with Crippen LogP contribution in [0.2, 0.25) is 0 Å². The molecule has 0 aromatic rings. The fourth-order valence-corrected chi connectivity index (χ4v) is 2.25. The fraction of sp³-hybridized carbons (Fsp3) is 1.00. The largest absolute Gasteiger partial charge is 0.311 e. The highest BCUT2D eigenvalue weighted by Gasteiger charge is 2.32. The van der Waals surface area contributed by atoms with E-state index in [-0.39, 0.29) is 5.54 Å². The SMILES string of the molecule is CCCN(C1CC1)C(CC)CNC(C)(C)C. The molecule has 0 radical (unpaired) electrons. The van der Waals surface area contributed by atoms with Crippen molar-refractivity contribution in [2.45, 2.75) is 77.9 Å². The molecule has 1 atom stereocenters. The average Bonchev–Trinajstić information content (AvgIpc) is 2.98. The van der Waals surface area contributed by atoms with E-state index in [0.29, 0.717) is 0 Å². The van der Waals surface area contributed by atoms with Crippen LogP contribution in [0.25, 0.3) is 0 Å². The summed E-state index contributed by atoms with van der Waals surface area (Å²) in [7, 11) is 0. The molecule has 1 fully saturated rings. The maximum atomic E-state index is 3.65. The van der Waals surface area contributed by atoms with Crippen molar-refractivity contribution in [3.05, 3.63) is 0 Å². The van der Waals surface area contributed by atoms with Gasteiger partial charge in [-0.05, 0) is 53.0 Å². The monoisotopic (exact) mass is 226 g/mol. The summed E-state index contributed by atoms with van der Waals surface area (Å²) < 4.78 is 0. The highest BCUT2D eigenvalue weighted by molar-refractivity contribution is 4.89. The summed E-state index contributed by atoms with van der Waals surface area (Å²) in [5.41, 5.74) is 0.245. The Labute approximate surface area is 102 Å². The Morgan fingerprint density at radius 2 is 1.88 bits per heavy atom. The first-order valence-electron chi connectivity index (χ1n) is 6.98. The van der Waals surface area contributed by atoms with Crippen molar-refractivity contribution in [2.24, 2.45) is 0 Å². The van der Waals surface area contributed by atoms with Crippen LogP contribution in [0.4, 0.5) is 0 Å². The summed E-state index contributed by atoms with van der Waals surface area (Å²) in [6.45, 7) is 13.8. The van der Waals surface area contributed by atoms with Gasteiger partial charge in [0.05, 0.1) is 0 Å². The van der Waals surface area contributed by atoms with Crippen LogP contribution in [0.1, 0.15) is 60.3 Å². The lowest BCUT2D eigenvalue weighted by atomic mass is 10.1. The number of nitrogens with zero attached hydrogens (tertiary/aromatic N) is 1. The Morgan fingerprint density at radius 1 is 1.25 bits per heavy atom. The second-order valence-electron chi connectivity index (χ2n) is 6.16. The van der Waals surface area contributed by atoms with E-state index >= 15 is 0 Å². The standard InChI is InChI=1S/C14H30N2/c1-6-10-16(13-8-9-13)12(7-2)11-15-14(3,4)5/h12-13,15H,6-11H2,1-5H3. The van der Waals surface area contributed by atoms with E-state index < -0.39 is 0 Å². The number of hydrogen-bond acceptors (Lipinski definition) is 2. The maximum Gasteiger partial charge on any atom is 0.0221 e. The molecule has 1 rings (SSSR count). The number of nitrogens with one attached hydrogen (secondary N) is 1. The summed E-state index contributed by atoms with van der Waals surface area (Å²) in [6.07, 6.45) is 5.39. The van der Waals surface area contributed by atoms with Gasteiger partial charge in [0.2, 0.25) is 0 Å². The summed E-state index contributed by atoms with van der Waals surface area (Å²) in [5.74, 6) is 0. The van der Waals surface area contributed by atoms with Gasteiger partial charge in [-0.15, -0.1) is 0 Å². The Balaban J connectivity index is 2.43. The van der Waals surface area contributed by atoms with E-state index in [9.17, 15) is 0 Å². The van der Waals surface area contributed by atoms with Crippen molar-refractivity contribution in [1.82, 2.24) is 10.2 Å².